The number of hydrogen-bond acceptors (Lipinski definition) is 4. The first-order valence-electron chi connectivity index (χ1n) is 5.62. The normalized spacial score (nSPS) is 10.9. The predicted molar refractivity (Wildman–Crippen MR) is 72.2 cm³/mol. The van der Waals surface area contributed by atoms with E-state index in [-0.39, 0.29) is 12.7 Å². The molecule has 1 heterocycles. The van der Waals surface area contributed by atoms with Crippen LogP contribution in [0.3, 0.4) is 0 Å². The summed E-state index contributed by atoms with van der Waals surface area (Å²) >= 11 is 3.34. The van der Waals surface area contributed by atoms with Crippen molar-refractivity contribution in [3.05, 3.63) is 22.3 Å². The second kappa shape index (κ2) is 6.93. The molecule has 1 rings (SSSR count). The fraction of sp³-hybridized carbons (Fsp3) is 0.583. The number of aliphatic hydroxyl groups is 1. The monoisotopic (exact) mass is 302 g/mol. The van der Waals surface area contributed by atoms with Crippen LogP contribution in [-0.4, -0.2) is 36.4 Å². The largest absolute Gasteiger partial charge is 0.392 e. The van der Waals surface area contributed by atoms with E-state index >= 15 is 0 Å². The van der Waals surface area contributed by atoms with E-state index in [1.54, 1.807) is 6.20 Å². The van der Waals surface area contributed by atoms with E-state index < -0.39 is 0 Å². The van der Waals surface area contributed by atoms with E-state index in [0.717, 1.165) is 22.4 Å². The molecule has 1 aromatic rings. The van der Waals surface area contributed by atoms with E-state index in [2.05, 4.69) is 20.9 Å². The van der Waals surface area contributed by atoms with Gasteiger partial charge in [0.15, 0.2) is 0 Å². The molecule has 0 unspecified atom stereocenters. The standard InChI is InChI=1S/C12H19BrN2O2/c1-9(2)17-5-4-15(3)12-10(8-16)6-11(13)7-14-12/h6-7,9,16H,4-5,8H2,1-3H3. The van der Waals surface area contributed by atoms with Gasteiger partial charge in [-0.15, -0.1) is 0 Å². The number of likely N-dealkylation sites (N-methyl/N-ethyl adjacent to an activating group) is 1. The van der Waals surface area contributed by atoms with Crippen LogP contribution in [0.2, 0.25) is 0 Å². The lowest BCUT2D eigenvalue weighted by atomic mass is 10.2. The molecule has 17 heavy (non-hydrogen) atoms. The van der Waals surface area contributed by atoms with Gasteiger partial charge in [-0.05, 0) is 35.8 Å². The highest BCUT2D eigenvalue weighted by molar-refractivity contribution is 9.10. The second-order valence-corrected chi connectivity index (χ2v) is 5.05. The van der Waals surface area contributed by atoms with Crippen LogP contribution >= 0.6 is 15.9 Å². The van der Waals surface area contributed by atoms with Crippen LogP contribution < -0.4 is 4.90 Å². The van der Waals surface area contributed by atoms with Gasteiger partial charge in [0, 0.05) is 29.8 Å². The van der Waals surface area contributed by atoms with E-state index in [1.165, 1.54) is 0 Å². The zero-order valence-corrected chi connectivity index (χ0v) is 12.1. The summed E-state index contributed by atoms with van der Waals surface area (Å²) < 4.78 is 6.36. The molecule has 96 valence electrons. The maximum absolute atomic E-state index is 9.29. The van der Waals surface area contributed by atoms with Gasteiger partial charge in [-0.1, -0.05) is 0 Å². The Hall–Kier alpha value is -0.650. The molecule has 0 fully saturated rings. The number of anilines is 1. The smallest absolute Gasteiger partial charge is 0.133 e. The maximum Gasteiger partial charge on any atom is 0.133 e. The number of aromatic nitrogens is 1. The molecule has 0 saturated carbocycles. The Morgan fingerprint density at radius 2 is 2.24 bits per heavy atom. The average Bonchev–Trinajstić information content (AvgIpc) is 2.28. The third-order valence-corrected chi connectivity index (χ3v) is 2.75. The molecular formula is C12H19BrN2O2. The molecule has 0 bridgehead atoms. The molecule has 1 aromatic heterocycles. The quantitative estimate of drug-likeness (QED) is 0.875. The molecule has 0 aliphatic rings. The molecule has 0 radical (unpaired) electrons. The zero-order valence-electron chi connectivity index (χ0n) is 10.5. The Balaban J connectivity index is 2.64. The lowest BCUT2D eigenvalue weighted by molar-refractivity contribution is 0.0845. The Bertz CT molecular complexity index is 358. The number of aliphatic hydroxyl groups excluding tert-OH is 1. The van der Waals surface area contributed by atoms with Gasteiger partial charge >= 0.3 is 0 Å². The minimum Gasteiger partial charge on any atom is -0.392 e. The van der Waals surface area contributed by atoms with Crippen molar-refractivity contribution in [3.8, 4) is 0 Å². The summed E-state index contributed by atoms with van der Waals surface area (Å²) in [5.41, 5.74) is 0.812. The SMILES string of the molecule is CC(C)OCCN(C)c1ncc(Br)cc1CO. The fourth-order valence-electron chi connectivity index (χ4n) is 1.47. The Morgan fingerprint density at radius 1 is 1.53 bits per heavy atom. The molecular weight excluding hydrogens is 284 g/mol. The van der Waals surface area contributed by atoms with Gasteiger partial charge in [-0.25, -0.2) is 4.98 Å². The molecule has 0 atom stereocenters. The molecule has 5 heteroatoms. The highest BCUT2D eigenvalue weighted by Gasteiger charge is 2.09. The van der Waals surface area contributed by atoms with Crippen LogP contribution in [-0.2, 0) is 11.3 Å². The van der Waals surface area contributed by atoms with Crippen LogP contribution in [0.5, 0.6) is 0 Å². The van der Waals surface area contributed by atoms with Crippen molar-refractivity contribution < 1.29 is 9.84 Å². The molecule has 0 amide bonds. The summed E-state index contributed by atoms with van der Waals surface area (Å²) in [5, 5.41) is 9.29. The number of pyridine rings is 1. The van der Waals surface area contributed by atoms with Crippen LogP contribution in [0, 0.1) is 0 Å². The topological polar surface area (TPSA) is 45.6 Å². The van der Waals surface area contributed by atoms with E-state index in [9.17, 15) is 5.11 Å². The molecule has 4 nitrogen and oxygen atoms in total. The summed E-state index contributed by atoms with van der Waals surface area (Å²) in [5.74, 6) is 0.794. The molecule has 0 aliphatic heterocycles. The van der Waals surface area contributed by atoms with Gasteiger partial charge in [0.2, 0.25) is 0 Å². The molecule has 0 saturated heterocycles. The van der Waals surface area contributed by atoms with Gasteiger partial charge in [0.25, 0.3) is 0 Å². The van der Waals surface area contributed by atoms with Crippen LogP contribution in [0.25, 0.3) is 0 Å². The number of rotatable bonds is 6. The Labute approximate surface area is 111 Å². The van der Waals surface area contributed by atoms with E-state index in [1.807, 2.05) is 31.9 Å². The first-order valence-corrected chi connectivity index (χ1v) is 6.42. The van der Waals surface area contributed by atoms with Gasteiger partial charge < -0.3 is 14.7 Å². The predicted octanol–water partition coefficient (Wildman–Crippen LogP) is 2.20. The van der Waals surface area contributed by atoms with Crippen molar-refractivity contribution in [3.63, 3.8) is 0 Å². The highest BCUT2D eigenvalue weighted by Crippen LogP contribution is 2.20. The number of ether oxygens (including phenoxy) is 1. The molecule has 0 aliphatic carbocycles. The summed E-state index contributed by atoms with van der Waals surface area (Å²) in [6, 6.07) is 1.88. The summed E-state index contributed by atoms with van der Waals surface area (Å²) in [4.78, 5) is 6.30. The second-order valence-electron chi connectivity index (χ2n) is 4.14. The third kappa shape index (κ3) is 4.61. The lowest BCUT2D eigenvalue weighted by Crippen LogP contribution is -2.25. The highest BCUT2D eigenvalue weighted by atomic mass is 79.9. The first-order chi connectivity index (χ1) is 8.04. The van der Waals surface area contributed by atoms with Crippen LogP contribution in [0.4, 0.5) is 5.82 Å². The third-order valence-electron chi connectivity index (χ3n) is 2.32. The molecule has 0 aromatic carbocycles. The first kappa shape index (κ1) is 14.4. The summed E-state index contributed by atoms with van der Waals surface area (Å²) in [6.07, 6.45) is 1.97. The zero-order chi connectivity index (χ0) is 12.8. The fourth-order valence-corrected chi connectivity index (χ4v) is 1.84. The van der Waals surface area contributed by atoms with Crippen molar-refractivity contribution in [2.75, 3.05) is 25.1 Å². The minimum atomic E-state index is -0.0167. The Morgan fingerprint density at radius 3 is 2.82 bits per heavy atom. The van der Waals surface area contributed by atoms with Gasteiger partial charge in [0.1, 0.15) is 5.82 Å². The number of nitrogens with zero attached hydrogens (tertiary/aromatic N) is 2. The van der Waals surface area contributed by atoms with Crippen molar-refractivity contribution in [1.29, 1.82) is 0 Å². The van der Waals surface area contributed by atoms with Gasteiger partial charge in [-0.3, -0.25) is 0 Å². The van der Waals surface area contributed by atoms with Crippen molar-refractivity contribution in [1.82, 2.24) is 4.98 Å². The average molecular weight is 303 g/mol. The van der Waals surface area contributed by atoms with Crippen molar-refractivity contribution in [2.24, 2.45) is 0 Å². The minimum absolute atomic E-state index is 0.0167. The Kier molecular flexibility index (Phi) is 5.88. The van der Waals surface area contributed by atoms with E-state index in [4.69, 9.17) is 4.74 Å². The summed E-state index contributed by atoms with van der Waals surface area (Å²) in [6.45, 7) is 5.40. The van der Waals surface area contributed by atoms with Gasteiger partial charge in [-0.2, -0.15) is 0 Å². The van der Waals surface area contributed by atoms with E-state index in [0.29, 0.717) is 6.61 Å². The van der Waals surface area contributed by atoms with Gasteiger partial charge in [0.05, 0.1) is 19.3 Å². The molecule has 0 spiro atoms. The maximum atomic E-state index is 9.29. The number of hydrogen-bond donors (Lipinski definition) is 1. The van der Waals surface area contributed by atoms with Crippen LogP contribution in [0.1, 0.15) is 19.4 Å². The van der Waals surface area contributed by atoms with Crippen molar-refractivity contribution >= 4 is 21.7 Å². The van der Waals surface area contributed by atoms with Crippen LogP contribution in [0.15, 0.2) is 16.7 Å². The summed E-state index contributed by atoms with van der Waals surface area (Å²) in [7, 11) is 1.94. The molecule has 1 N–H and O–H groups in total. The van der Waals surface area contributed by atoms with Crippen molar-refractivity contribution in [2.45, 2.75) is 26.6 Å². The lowest BCUT2D eigenvalue weighted by Gasteiger charge is -2.21. The number of halogens is 1.